The van der Waals surface area contributed by atoms with Gasteiger partial charge in [-0.1, -0.05) is 172 Å². The highest BCUT2D eigenvalue weighted by molar-refractivity contribution is 6.46. The maximum absolute atomic E-state index is 5.68. The van der Waals surface area contributed by atoms with Crippen LogP contribution < -0.4 is 9.64 Å². The Morgan fingerprint density at radius 3 is 1.75 bits per heavy atom. The van der Waals surface area contributed by atoms with E-state index >= 15 is 0 Å². The van der Waals surface area contributed by atoms with Gasteiger partial charge in [-0.2, -0.15) is 0 Å². The summed E-state index contributed by atoms with van der Waals surface area (Å²) in [4.78, 5) is 2.52. The fourth-order valence-corrected chi connectivity index (χ4v) is 11.2. The van der Waals surface area contributed by atoms with E-state index in [0.29, 0.717) is 5.92 Å². The lowest BCUT2D eigenvalue weighted by Gasteiger charge is -2.21. The topological polar surface area (TPSA) is 12.5 Å². The van der Waals surface area contributed by atoms with Crippen LogP contribution in [0.2, 0.25) is 0 Å². The molecule has 0 radical (unpaired) electrons. The van der Waals surface area contributed by atoms with Crippen molar-refractivity contribution in [2.45, 2.75) is 44.9 Å². The summed E-state index contributed by atoms with van der Waals surface area (Å²) >= 11 is 0. The molecule has 1 aliphatic heterocycles. The SMILES string of the molecule is CCCCCCC1CN(c2cccc(OC)c2)c2ccc(-c3ccc4c5c(-c6ccccc6)c6c7cccc8cccc(c6c(-c6ccccc6)c5c5cccc3c54)c87)cc21. The van der Waals surface area contributed by atoms with Crippen LogP contribution in [0.3, 0.4) is 0 Å². The Balaban J connectivity index is 1.14. The highest BCUT2D eigenvalue weighted by Crippen LogP contribution is 2.56. The fraction of sp³-hybridized carbons (Fsp3) is 0.153. The van der Waals surface area contributed by atoms with Crippen molar-refractivity contribution in [3.8, 4) is 39.1 Å². The number of anilines is 2. The maximum atomic E-state index is 5.68. The summed E-state index contributed by atoms with van der Waals surface area (Å²) < 4.78 is 5.68. The molecule has 0 spiro atoms. The van der Waals surface area contributed by atoms with Crippen molar-refractivity contribution in [3.63, 3.8) is 0 Å². The lowest BCUT2D eigenvalue weighted by Crippen LogP contribution is -2.15. The van der Waals surface area contributed by atoms with Crippen molar-refractivity contribution >= 4 is 76.0 Å². The molecule has 0 amide bonds. The average Bonchev–Trinajstić information content (AvgIpc) is 3.97. The van der Waals surface area contributed by atoms with Crippen molar-refractivity contribution in [1.82, 2.24) is 0 Å². The van der Waals surface area contributed by atoms with Gasteiger partial charge in [-0.05, 0) is 134 Å². The Labute approximate surface area is 357 Å². The third-order valence-corrected chi connectivity index (χ3v) is 13.9. The van der Waals surface area contributed by atoms with Gasteiger partial charge in [0.15, 0.2) is 0 Å². The van der Waals surface area contributed by atoms with Crippen molar-refractivity contribution in [3.05, 3.63) is 175 Å². The van der Waals surface area contributed by atoms with Crippen molar-refractivity contribution < 1.29 is 4.74 Å². The number of methoxy groups -OCH3 is 1. The molecule has 11 aromatic carbocycles. The first-order chi connectivity index (χ1) is 30.2. The average molecular weight is 786 g/mol. The van der Waals surface area contributed by atoms with Crippen LogP contribution in [-0.4, -0.2) is 13.7 Å². The molecule has 0 fully saturated rings. The van der Waals surface area contributed by atoms with Gasteiger partial charge in [-0.25, -0.2) is 0 Å². The van der Waals surface area contributed by atoms with E-state index in [9.17, 15) is 0 Å². The number of nitrogens with zero attached hydrogens (tertiary/aromatic N) is 1. The van der Waals surface area contributed by atoms with Crippen LogP contribution in [0.25, 0.3) is 98.0 Å². The minimum atomic E-state index is 0.468. The van der Waals surface area contributed by atoms with Gasteiger partial charge in [-0.15, -0.1) is 0 Å². The molecule has 1 heterocycles. The smallest absolute Gasteiger partial charge is 0.120 e. The Hall–Kier alpha value is -6.90. The maximum Gasteiger partial charge on any atom is 0.120 e. The summed E-state index contributed by atoms with van der Waals surface area (Å²) in [6.45, 7) is 3.29. The second kappa shape index (κ2) is 14.4. The molecule has 2 nitrogen and oxygen atoms in total. The van der Waals surface area contributed by atoms with Crippen LogP contribution >= 0.6 is 0 Å². The van der Waals surface area contributed by atoms with Crippen LogP contribution in [-0.2, 0) is 0 Å². The highest BCUT2D eigenvalue weighted by Gasteiger charge is 2.31. The molecule has 12 rings (SSSR count). The van der Waals surface area contributed by atoms with Gasteiger partial charge in [0.2, 0.25) is 0 Å². The number of rotatable bonds is 10. The predicted molar refractivity (Wildman–Crippen MR) is 262 cm³/mol. The van der Waals surface area contributed by atoms with Gasteiger partial charge in [-0.3, -0.25) is 0 Å². The van der Waals surface area contributed by atoms with Gasteiger partial charge >= 0.3 is 0 Å². The molecular formula is C59H47NO. The summed E-state index contributed by atoms with van der Waals surface area (Å²) in [5, 5.41) is 16.0. The van der Waals surface area contributed by atoms with Gasteiger partial charge in [0.25, 0.3) is 0 Å². The number of hydrogen-bond acceptors (Lipinski definition) is 2. The molecular weight excluding hydrogens is 739 g/mol. The second-order valence-corrected chi connectivity index (χ2v) is 17.2. The lowest BCUT2D eigenvalue weighted by molar-refractivity contribution is 0.415. The summed E-state index contributed by atoms with van der Waals surface area (Å²) in [7, 11) is 1.76. The normalized spacial score (nSPS) is 14.1. The van der Waals surface area contributed by atoms with E-state index in [4.69, 9.17) is 4.74 Å². The Morgan fingerprint density at radius 2 is 1.10 bits per heavy atom. The van der Waals surface area contributed by atoms with Crippen molar-refractivity contribution in [2.75, 3.05) is 18.6 Å². The zero-order chi connectivity index (χ0) is 40.6. The standard InChI is InChI=1S/C59H47NO/c1-3-4-5-8-21-41-36-60(42-24-15-25-43(35-42)61-2)51-33-30-40(34-50(41)51)44-31-32-49-55-45(44)26-16-29-48(55)58-53(38-17-9-6-10-18-38)56-46-27-13-22-37-23-14-28-47(52(37)46)57(56)54(59(49)58)39-19-11-7-12-20-39/h6-7,9-20,22-35,41H,3-5,8,21,36H2,1-2H3. The Kier molecular flexibility index (Phi) is 8.49. The highest BCUT2D eigenvalue weighted by atomic mass is 16.5. The van der Waals surface area contributed by atoms with Crippen LogP contribution in [0.15, 0.2) is 170 Å². The van der Waals surface area contributed by atoms with E-state index in [1.54, 1.807) is 7.11 Å². The quantitative estimate of drug-likeness (QED) is 0.128. The largest absolute Gasteiger partial charge is 0.497 e. The van der Waals surface area contributed by atoms with Gasteiger partial charge in [0, 0.05) is 29.9 Å². The summed E-state index contributed by atoms with van der Waals surface area (Å²) in [5.41, 5.74) is 11.8. The zero-order valence-electron chi connectivity index (χ0n) is 34.8. The van der Waals surface area contributed by atoms with E-state index in [2.05, 4.69) is 176 Å². The molecule has 0 saturated carbocycles. The minimum Gasteiger partial charge on any atom is -0.497 e. The molecule has 0 saturated heterocycles. The van der Waals surface area contributed by atoms with Crippen LogP contribution in [0, 0.1) is 0 Å². The molecule has 1 unspecified atom stereocenters. The van der Waals surface area contributed by atoms with Gasteiger partial charge in [0.05, 0.1) is 7.11 Å². The van der Waals surface area contributed by atoms with Gasteiger partial charge < -0.3 is 9.64 Å². The predicted octanol–water partition coefficient (Wildman–Crippen LogP) is 16.7. The number of fused-ring (bicyclic) bond motifs is 7. The number of hydrogen-bond donors (Lipinski definition) is 0. The molecule has 0 aromatic heterocycles. The van der Waals surface area contributed by atoms with E-state index < -0.39 is 0 Å². The van der Waals surface area contributed by atoms with Crippen LogP contribution in [0.4, 0.5) is 11.4 Å². The molecule has 61 heavy (non-hydrogen) atoms. The van der Waals surface area contributed by atoms with Crippen LogP contribution in [0.1, 0.15) is 50.5 Å². The van der Waals surface area contributed by atoms with E-state index in [1.807, 2.05) is 6.07 Å². The van der Waals surface area contributed by atoms with Crippen molar-refractivity contribution in [2.24, 2.45) is 0 Å². The first-order valence-electron chi connectivity index (χ1n) is 22.2. The molecule has 1 atom stereocenters. The van der Waals surface area contributed by atoms with Crippen LogP contribution in [0.5, 0.6) is 5.75 Å². The lowest BCUT2D eigenvalue weighted by atomic mass is 9.87. The molecule has 0 aliphatic carbocycles. The number of unbranched alkanes of at least 4 members (excludes halogenated alkanes) is 3. The number of ether oxygens (including phenoxy) is 1. The minimum absolute atomic E-state index is 0.468. The molecule has 0 N–H and O–H groups in total. The number of benzene rings is 9. The third kappa shape index (κ3) is 5.48. The summed E-state index contributed by atoms with van der Waals surface area (Å²) in [5.74, 6) is 1.36. The molecule has 0 bridgehead atoms. The van der Waals surface area contributed by atoms with Crippen molar-refractivity contribution in [1.29, 1.82) is 0 Å². The monoisotopic (exact) mass is 785 g/mol. The Bertz CT molecular complexity index is 3290. The molecule has 1 aliphatic rings. The first kappa shape index (κ1) is 36.0. The molecule has 11 aromatic rings. The second-order valence-electron chi connectivity index (χ2n) is 17.2. The molecule has 294 valence electrons. The van der Waals surface area contributed by atoms with E-state index in [1.165, 1.54) is 147 Å². The first-order valence-corrected chi connectivity index (χ1v) is 22.2. The molecule has 2 heteroatoms. The Morgan fingerprint density at radius 1 is 0.492 bits per heavy atom. The third-order valence-electron chi connectivity index (χ3n) is 13.9. The zero-order valence-corrected chi connectivity index (χ0v) is 34.8. The van der Waals surface area contributed by atoms with E-state index in [0.717, 1.165) is 12.3 Å². The van der Waals surface area contributed by atoms with E-state index in [-0.39, 0.29) is 0 Å². The van der Waals surface area contributed by atoms with Gasteiger partial charge in [0.1, 0.15) is 5.75 Å². The fourth-order valence-electron chi connectivity index (χ4n) is 11.2. The summed E-state index contributed by atoms with van der Waals surface area (Å²) in [6, 6.07) is 63.8. The summed E-state index contributed by atoms with van der Waals surface area (Å²) in [6.07, 6.45) is 6.29.